The zero-order valence-corrected chi connectivity index (χ0v) is 14.6. The average Bonchev–Trinajstić information content (AvgIpc) is 2.56. The van der Waals surface area contributed by atoms with Crippen molar-refractivity contribution in [1.82, 2.24) is 5.32 Å². The first-order chi connectivity index (χ1) is 12.6. The number of amides is 1. The van der Waals surface area contributed by atoms with E-state index in [0.29, 0.717) is 16.9 Å². The van der Waals surface area contributed by atoms with Crippen LogP contribution >= 0.6 is 0 Å². The average molecular weight is 381 g/mol. The molecule has 1 amide bonds. The van der Waals surface area contributed by atoms with Gasteiger partial charge in [0.05, 0.1) is 12.6 Å². The fraction of sp³-hybridized carbons (Fsp3) is 0.316. The van der Waals surface area contributed by atoms with Gasteiger partial charge in [-0.05, 0) is 17.7 Å². The number of rotatable bonds is 3. The zero-order valence-electron chi connectivity index (χ0n) is 14.6. The van der Waals surface area contributed by atoms with Crippen molar-refractivity contribution in [3.63, 3.8) is 0 Å². The van der Waals surface area contributed by atoms with Gasteiger partial charge >= 0.3 is 12.5 Å². The van der Waals surface area contributed by atoms with Gasteiger partial charge in [0.1, 0.15) is 11.5 Å². The van der Waals surface area contributed by atoms with E-state index in [1.165, 1.54) is 18.2 Å². The SMILES string of the molecule is CC1(C)COc2cc(-c3ccccc3OC(F)(F)F)ccc2C1NC(=O)O. The van der Waals surface area contributed by atoms with Crippen LogP contribution in [-0.2, 0) is 0 Å². The standard InChI is InChI=1S/C19H18F3NO4/c1-18(2)10-26-15-9-11(7-8-13(15)16(18)23-17(24)25)12-5-3-4-6-14(12)27-19(20,21)22/h3-9,16,23H,10H2,1-2H3,(H,24,25). The second-order valence-electron chi connectivity index (χ2n) is 6.96. The van der Waals surface area contributed by atoms with E-state index in [0.717, 1.165) is 0 Å². The Balaban J connectivity index is 2.02. The highest BCUT2D eigenvalue weighted by molar-refractivity contribution is 5.73. The lowest BCUT2D eigenvalue weighted by molar-refractivity contribution is -0.274. The number of hydrogen-bond donors (Lipinski definition) is 2. The molecule has 0 saturated heterocycles. The summed E-state index contributed by atoms with van der Waals surface area (Å²) in [6, 6.07) is 10.2. The van der Waals surface area contributed by atoms with Crippen molar-refractivity contribution in [2.45, 2.75) is 26.3 Å². The quantitative estimate of drug-likeness (QED) is 0.787. The molecule has 144 valence electrons. The van der Waals surface area contributed by atoms with Gasteiger partial charge in [0.25, 0.3) is 0 Å². The Bertz CT molecular complexity index is 864. The van der Waals surface area contributed by atoms with Gasteiger partial charge in [0.2, 0.25) is 0 Å². The fourth-order valence-corrected chi connectivity index (χ4v) is 3.15. The number of hydrogen-bond acceptors (Lipinski definition) is 3. The van der Waals surface area contributed by atoms with E-state index in [-0.39, 0.29) is 17.9 Å². The van der Waals surface area contributed by atoms with Gasteiger partial charge in [-0.1, -0.05) is 44.2 Å². The lowest BCUT2D eigenvalue weighted by Gasteiger charge is -2.39. The van der Waals surface area contributed by atoms with Crippen molar-refractivity contribution in [2.24, 2.45) is 5.41 Å². The minimum absolute atomic E-state index is 0.258. The van der Waals surface area contributed by atoms with Crippen LogP contribution in [0.5, 0.6) is 11.5 Å². The molecule has 1 heterocycles. The molecular weight excluding hydrogens is 363 g/mol. The zero-order chi connectivity index (χ0) is 19.8. The topological polar surface area (TPSA) is 67.8 Å². The van der Waals surface area contributed by atoms with E-state index in [9.17, 15) is 18.0 Å². The van der Waals surface area contributed by atoms with Gasteiger partial charge in [-0.15, -0.1) is 13.2 Å². The van der Waals surface area contributed by atoms with E-state index < -0.39 is 23.9 Å². The second kappa shape index (κ2) is 6.68. The number of fused-ring (bicyclic) bond motifs is 1. The summed E-state index contributed by atoms with van der Waals surface area (Å²) in [5.41, 5.74) is 0.882. The Hall–Kier alpha value is -2.90. The molecule has 1 aliphatic rings. The maximum Gasteiger partial charge on any atom is 0.573 e. The van der Waals surface area contributed by atoms with Crippen LogP contribution in [0, 0.1) is 5.41 Å². The molecule has 0 aromatic heterocycles. The molecule has 8 heteroatoms. The second-order valence-corrected chi connectivity index (χ2v) is 6.96. The Morgan fingerprint density at radius 1 is 1.26 bits per heavy atom. The van der Waals surface area contributed by atoms with E-state index in [4.69, 9.17) is 9.84 Å². The Morgan fingerprint density at radius 3 is 2.63 bits per heavy atom. The Morgan fingerprint density at radius 2 is 1.96 bits per heavy atom. The normalized spacial score (nSPS) is 18.2. The lowest BCUT2D eigenvalue weighted by atomic mass is 9.78. The van der Waals surface area contributed by atoms with Crippen molar-refractivity contribution < 1.29 is 32.5 Å². The van der Waals surface area contributed by atoms with Gasteiger partial charge in [-0.25, -0.2) is 4.79 Å². The number of para-hydroxylation sites is 1. The maximum absolute atomic E-state index is 12.7. The third-order valence-electron chi connectivity index (χ3n) is 4.40. The van der Waals surface area contributed by atoms with Crippen LogP contribution in [0.1, 0.15) is 25.5 Å². The number of benzene rings is 2. The molecule has 1 aliphatic heterocycles. The molecule has 5 nitrogen and oxygen atoms in total. The van der Waals surface area contributed by atoms with Crippen LogP contribution < -0.4 is 14.8 Å². The fourth-order valence-electron chi connectivity index (χ4n) is 3.15. The molecule has 27 heavy (non-hydrogen) atoms. The molecule has 0 bridgehead atoms. The summed E-state index contributed by atoms with van der Waals surface area (Å²) in [4.78, 5) is 11.2. The highest BCUT2D eigenvalue weighted by Gasteiger charge is 2.39. The first kappa shape index (κ1) is 18.9. The summed E-state index contributed by atoms with van der Waals surface area (Å²) < 4.78 is 47.8. The molecule has 3 rings (SSSR count). The van der Waals surface area contributed by atoms with Crippen LogP contribution in [0.2, 0.25) is 0 Å². The van der Waals surface area contributed by atoms with Crippen molar-refractivity contribution >= 4 is 6.09 Å². The van der Waals surface area contributed by atoms with Gasteiger partial charge in [0.15, 0.2) is 0 Å². The van der Waals surface area contributed by atoms with Crippen molar-refractivity contribution in [3.8, 4) is 22.6 Å². The summed E-state index contributed by atoms with van der Waals surface area (Å²) in [7, 11) is 0. The highest BCUT2D eigenvalue weighted by Crippen LogP contribution is 2.45. The number of nitrogens with one attached hydrogen (secondary N) is 1. The highest BCUT2D eigenvalue weighted by atomic mass is 19.4. The summed E-state index contributed by atoms with van der Waals surface area (Å²) in [5.74, 6) is 0.105. The lowest BCUT2D eigenvalue weighted by Crippen LogP contribution is -2.43. The van der Waals surface area contributed by atoms with Crippen LogP contribution in [0.15, 0.2) is 42.5 Å². The number of ether oxygens (including phenoxy) is 2. The van der Waals surface area contributed by atoms with Crippen LogP contribution in [0.4, 0.5) is 18.0 Å². The molecule has 0 fully saturated rings. The minimum atomic E-state index is -4.80. The molecule has 0 aliphatic carbocycles. The molecule has 0 radical (unpaired) electrons. The Kier molecular flexibility index (Phi) is 4.67. The predicted octanol–water partition coefficient (Wildman–Crippen LogP) is 4.98. The van der Waals surface area contributed by atoms with Crippen LogP contribution in [0.25, 0.3) is 11.1 Å². The Labute approximate surface area is 153 Å². The molecule has 2 N–H and O–H groups in total. The van der Waals surface area contributed by atoms with Crippen molar-refractivity contribution in [3.05, 3.63) is 48.0 Å². The molecule has 1 unspecified atom stereocenters. The molecule has 2 aromatic rings. The number of carbonyl (C=O) groups is 1. The summed E-state index contributed by atoms with van der Waals surface area (Å²) >= 11 is 0. The monoisotopic (exact) mass is 381 g/mol. The summed E-state index contributed by atoms with van der Waals surface area (Å²) in [5, 5.41) is 11.6. The molecule has 2 aromatic carbocycles. The summed E-state index contributed by atoms with van der Waals surface area (Å²) in [6.07, 6.45) is -5.96. The molecule has 0 spiro atoms. The minimum Gasteiger partial charge on any atom is -0.493 e. The van der Waals surface area contributed by atoms with Crippen molar-refractivity contribution in [2.75, 3.05) is 6.61 Å². The first-order valence-electron chi connectivity index (χ1n) is 8.18. The third-order valence-corrected chi connectivity index (χ3v) is 4.40. The van der Waals surface area contributed by atoms with Gasteiger partial charge in [-0.3, -0.25) is 0 Å². The van der Waals surface area contributed by atoms with Gasteiger partial charge < -0.3 is 19.9 Å². The van der Waals surface area contributed by atoms with Gasteiger partial charge in [-0.2, -0.15) is 0 Å². The number of carboxylic acid groups (broad SMARTS) is 1. The van der Waals surface area contributed by atoms with E-state index in [2.05, 4.69) is 10.1 Å². The first-order valence-corrected chi connectivity index (χ1v) is 8.18. The largest absolute Gasteiger partial charge is 0.573 e. The van der Waals surface area contributed by atoms with E-state index in [1.54, 1.807) is 24.3 Å². The smallest absolute Gasteiger partial charge is 0.493 e. The molecule has 0 saturated carbocycles. The molecule has 1 atom stereocenters. The van der Waals surface area contributed by atoms with E-state index in [1.807, 2.05) is 13.8 Å². The number of alkyl halides is 3. The van der Waals surface area contributed by atoms with Gasteiger partial charge in [0, 0.05) is 16.5 Å². The number of halogens is 3. The third kappa shape index (κ3) is 4.10. The molecular formula is C19H18F3NO4. The van der Waals surface area contributed by atoms with Crippen LogP contribution in [-0.4, -0.2) is 24.2 Å². The van der Waals surface area contributed by atoms with Crippen LogP contribution in [0.3, 0.4) is 0 Å². The predicted molar refractivity (Wildman–Crippen MR) is 91.7 cm³/mol. The summed E-state index contributed by atoms with van der Waals surface area (Å²) in [6.45, 7) is 4.00. The van der Waals surface area contributed by atoms with Crippen molar-refractivity contribution in [1.29, 1.82) is 0 Å². The maximum atomic E-state index is 12.7. The van der Waals surface area contributed by atoms with E-state index >= 15 is 0 Å².